The molecule has 1 fully saturated rings. The van der Waals surface area contributed by atoms with E-state index >= 15 is 0 Å². The first-order valence-electron chi connectivity index (χ1n) is 5.30. The highest BCUT2D eigenvalue weighted by Crippen LogP contribution is 2.29. The van der Waals surface area contributed by atoms with Gasteiger partial charge in [0.25, 0.3) is 5.91 Å². The van der Waals surface area contributed by atoms with Crippen LogP contribution in [0.2, 0.25) is 4.34 Å². The maximum atomic E-state index is 12.1. The van der Waals surface area contributed by atoms with E-state index in [4.69, 9.17) is 16.7 Å². The molecule has 1 aliphatic heterocycles. The Balaban J connectivity index is 2.22. The monoisotopic (exact) mass is 273 g/mol. The van der Waals surface area contributed by atoms with Crippen molar-refractivity contribution >= 4 is 34.8 Å². The van der Waals surface area contributed by atoms with Gasteiger partial charge in [-0.25, -0.2) is 4.79 Å². The van der Waals surface area contributed by atoms with Crippen LogP contribution in [0.25, 0.3) is 0 Å². The molecule has 2 rings (SSSR count). The minimum Gasteiger partial charge on any atom is -0.480 e. The Morgan fingerprint density at radius 1 is 1.53 bits per heavy atom. The van der Waals surface area contributed by atoms with Crippen LogP contribution in [-0.4, -0.2) is 34.5 Å². The predicted molar refractivity (Wildman–Crippen MR) is 65.6 cm³/mol. The minimum atomic E-state index is -0.939. The molecule has 6 heteroatoms. The van der Waals surface area contributed by atoms with Gasteiger partial charge in [0.2, 0.25) is 0 Å². The summed E-state index contributed by atoms with van der Waals surface area (Å²) in [6.07, 6.45) is 0.724. The van der Waals surface area contributed by atoms with Gasteiger partial charge in [0.05, 0.1) is 9.21 Å². The first kappa shape index (κ1) is 12.4. The lowest BCUT2D eigenvalue weighted by atomic mass is 10.0. The number of nitrogens with zero attached hydrogens (tertiary/aromatic N) is 1. The van der Waals surface area contributed by atoms with E-state index in [1.807, 2.05) is 6.92 Å². The standard InChI is InChI=1S/C11H12ClNO3S/c1-6-4-5-13(9(6)11(15)16)10(14)7-2-3-8(12)17-7/h2-3,6,9H,4-5H2,1H3,(H,15,16). The summed E-state index contributed by atoms with van der Waals surface area (Å²) in [5.41, 5.74) is 0. The third-order valence-electron chi connectivity index (χ3n) is 3.00. The Kier molecular flexibility index (Phi) is 3.40. The highest BCUT2D eigenvalue weighted by atomic mass is 35.5. The molecule has 92 valence electrons. The van der Waals surface area contributed by atoms with E-state index in [1.165, 1.54) is 16.2 Å². The quantitative estimate of drug-likeness (QED) is 0.900. The molecule has 2 unspecified atom stereocenters. The molecule has 0 aromatic carbocycles. The second kappa shape index (κ2) is 4.66. The second-order valence-corrected chi connectivity index (χ2v) is 5.87. The molecule has 0 aliphatic carbocycles. The Hall–Kier alpha value is -1.07. The van der Waals surface area contributed by atoms with Crippen LogP contribution in [0, 0.1) is 5.92 Å². The normalized spacial score (nSPS) is 24.0. The van der Waals surface area contributed by atoms with Gasteiger partial charge in [0, 0.05) is 6.54 Å². The molecular formula is C11H12ClNO3S. The number of hydrogen-bond donors (Lipinski definition) is 1. The smallest absolute Gasteiger partial charge is 0.326 e. The zero-order chi connectivity index (χ0) is 12.6. The largest absolute Gasteiger partial charge is 0.480 e. The molecule has 0 radical (unpaired) electrons. The van der Waals surface area contributed by atoms with E-state index in [9.17, 15) is 9.59 Å². The van der Waals surface area contributed by atoms with Crippen molar-refractivity contribution < 1.29 is 14.7 Å². The molecule has 0 saturated carbocycles. The van der Waals surface area contributed by atoms with Gasteiger partial charge in [-0.2, -0.15) is 0 Å². The van der Waals surface area contributed by atoms with Gasteiger partial charge in [0.15, 0.2) is 0 Å². The molecule has 17 heavy (non-hydrogen) atoms. The van der Waals surface area contributed by atoms with E-state index in [2.05, 4.69) is 0 Å². The van der Waals surface area contributed by atoms with E-state index in [0.717, 1.165) is 6.42 Å². The zero-order valence-corrected chi connectivity index (χ0v) is 10.8. The van der Waals surface area contributed by atoms with Crippen LogP contribution in [-0.2, 0) is 4.79 Å². The Bertz CT molecular complexity index is 459. The average Bonchev–Trinajstić information content (AvgIpc) is 2.83. The third kappa shape index (κ3) is 2.30. The molecule has 1 N–H and O–H groups in total. The number of aliphatic carboxylic acids is 1. The molecule has 1 aliphatic rings. The molecular weight excluding hydrogens is 262 g/mol. The number of thiophene rings is 1. The Morgan fingerprint density at radius 2 is 2.24 bits per heavy atom. The van der Waals surface area contributed by atoms with Crippen molar-refractivity contribution in [1.29, 1.82) is 0 Å². The van der Waals surface area contributed by atoms with Gasteiger partial charge >= 0.3 is 5.97 Å². The zero-order valence-electron chi connectivity index (χ0n) is 9.22. The number of hydrogen-bond acceptors (Lipinski definition) is 3. The molecule has 2 heterocycles. The summed E-state index contributed by atoms with van der Waals surface area (Å²) in [6.45, 7) is 2.35. The summed E-state index contributed by atoms with van der Waals surface area (Å²) < 4.78 is 0.535. The van der Waals surface area contributed by atoms with Crippen molar-refractivity contribution in [2.24, 2.45) is 5.92 Å². The van der Waals surface area contributed by atoms with Crippen LogP contribution in [0.1, 0.15) is 23.0 Å². The van der Waals surface area contributed by atoms with Crippen LogP contribution < -0.4 is 0 Å². The van der Waals surface area contributed by atoms with Crippen molar-refractivity contribution in [2.45, 2.75) is 19.4 Å². The highest BCUT2D eigenvalue weighted by Gasteiger charge is 2.40. The van der Waals surface area contributed by atoms with Gasteiger partial charge in [0.1, 0.15) is 6.04 Å². The van der Waals surface area contributed by atoms with Gasteiger partial charge in [-0.15, -0.1) is 11.3 Å². The SMILES string of the molecule is CC1CCN(C(=O)c2ccc(Cl)s2)C1C(=O)O. The number of carboxylic acid groups (broad SMARTS) is 1. The van der Waals surface area contributed by atoms with Crippen LogP contribution in [0.15, 0.2) is 12.1 Å². The minimum absolute atomic E-state index is 0.00751. The van der Waals surface area contributed by atoms with Gasteiger partial charge in [-0.3, -0.25) is 4.79 Å². The summed E-state index contributed by atoms with van der Waals surface area (Å²) in [4.78, 5) is 25.2. The summed E-state index contributed by atoms with van der Waals surface area (Å²) in [5, 5.41) is 9.14. The third-order valence-corrected chi connectivity index (χ3v) is 4.22. The molecule has 1 aromatic rings. The molecule has 1 saturated heterocycles. The van der Waals surface area contributed by atoms with E-state index in [-0.39, 0.29) is 11.8 Å². The fourth-order valence-corrected chi connectivity index (χ4v) is 3.12. The van der Waals surface area contributed by atoms with Crippen molar-refractivity contribution in [1.82, 2.24) is 4.90 Å². The number of halogens is 1. The maximum absolute atomic E-state index is 12.1. The number of rotatable bonds is 2. The lowest BCUT2D eigenvalue weighted by Crippen LogP contribution is -2.42. The fraction of sp³-hybridized carbons (Fsp3) is 0.455. The summed E-state index contributed by atoms with van der Waals surface area (Å²) in [5.74, 6) is -1.18. The first-order chi connectivity index (χ1) is 8.00. The van der Waals surface area contributed by atoms with Crippen molar-refractivity contribution in [3.8, 4) is 0 Å². The molecule has 1 aromatic heterocycles. The van der Waals surface area contributed by atoms with Crippen molar-refractivity contribution in [2.75, 3.05) is 6.54 Å². The van der Waals surface area contributed by atoms with E-state index in [0.29, 0.717) is 15.8 Å². The number of carbonyl (C=O) groups excluding carboxylic acids is 1. The van der Waals surface area contributed by atoms with E-state index in [1.54, 1.807) is 12.1 Å². The van der Waals surface area contributed by atoms with Crippen LogP contribution >= 0.6 is 22.9 Å². The lowest BCUT2D eigenvalue weighted by Gasteiger charge is -2.22. The highest BCUT2D eigenvalue weighted by molar-refractivity contribution is 7.17. The van der Waals surface area contributed by atoms with E-state index < -0.39 is 12.0 Å². The van der Waals surface area contributed by atoms with Crippen LogP contribution in [0.5, 0.6) is 0 Å². The molecule has 2 atom stereocenters. The summed E-state index contributed by atoms with van der Waals surface area (Å²) in [7, 11) is 0. The molecule has 0 bridgehead atoms. The molecule has 4 nitrogen and oxygen atoms in total. The van der Waals surface area contributed by atoms with Gasteiger partial charge in [-0.1, -0.05) is 18.5 Å². The van der Waals surface area contributed by atoms with Crippen molar-refractivity contribution in [3.05, 3.63) is 21.3 Å². The van der Waals surface area contributed by atoms with Crippen LogP contribution in [0.3, 0.4) is 0 Å². The van der Waals surface area contributed by atoms with Gasteiger partial charge < -0.3 is 10.0 Å². The maximum Gasteiger partial charge on any atom is 0.326 e. The average molecular weight is 274 g/mol. The number of carbonyl (C=O) groups is 2. The summed E-state index contributed by atoms with van der Waals surface area (Å²) >= 11 is 6.95. The Labute approximate surface area is 108 Å². The first-order valence-corrected chi connectivity index (χ1v) is 6.49. The summed E-state index contributed by atoms with van der Waals surface area (Å²) in [6, 6.07) is 2.56. The second-order valence-electron chi connectivity index (χ2n) is 4.15. The Morgan fingerprint density at radius 3 is 2.76 bits per heavy atom. The molecule has 0 spiro atoms. The number of likely N-dealkylation sites (tertiary alicyclic amines) is 1. The predicted octanol–water partition coefficient (Wildman–Crippen LogP) is 2.34. The number of amides is 1. The van der Waals surface area contributed by atoms with Crippen LogP contribution in [0.4, 0.5) is 0 Å². The van der Waals surface area contributed by atoms with Gasteiger partial charge in [-0.05, 0) is 24.5 Å². The van der Waals surface area contributed by atoms with Crippen molar-refractivity contribution in [3.63, 3.8) is 0 Å². The lowest BCUT2D eigenvalue weighted by molar-refractivity contribution is -0.142. The topological polar surface area (TPSA) is 57.6 Å². The fourth-order valence-electron chi connectivity index (χ4n) is 2.12. The number of carboxylic acids is 1. The molecule has 1 amide bonds.